The molecule has 0 amide bonds. The number of ether oxygens (including phenoxy) is 4. The molecule has 2 saturated heterocycles. The van der Waals surface area contributed by atoms with E-state index >= 15 is 0 Å². The summed E-state index contributed by atoms with van der Waals surface area (Å²) in [6, 6.07) is 21.4. The Morgan fingerprint density at radius 1 is 1.02 bits per heavy atom. The first-order valence-corrected chi connectivity index (χ1v) is 14.3. The van der Waals surface area contributed by atoms with E-state index in [1.165, 1.54) is 0 Å². The second-order valence-electron chi connectivity index (χ2n) is 10.5. The lowest BCUT2D eigenvalue weighted by molar-refractivity contribution is -0.769. The third kappa shape index (κ3) is 5.42. The second-order valence-corrected chi connectivity index (χ2v) is 10.5. The van der Waals surface area contributed by atoms with Crippen LogP contribution in [0.1, 0.15) is 22.8 Å². The average molecular weight is 614 g/mol. The molecule has 5 aromatic rings. The van der Waals surface area contributed by atoms with Gasteiger partial charge in [-0.05, 0) is 41.0 Å². The van der Waals surface area contributed by atoms with Crippen molar-refractivity contribution >= 4 is 17.0 Å². The SMILES string of the molecule is CCOc1nc2cccc(C(=O)OC3COC4C(O[N+](=O)[O-])COC34)c2n1Cc1ccc(-c2ccccc2-c2nn[nH]n2)cc1. The fourth-order valence-corrected chi connectivity index (χ4v) is 5.83. The molecule has 0 saturated carbocycles. The molecule has 7 rings (SSSR count). The van der Waals surface area contributed by atoms with Crippen LogP contribution in [-0.4, -0.2) is 85.5 Å². The maximum atomic E-state index is 13.6. The Kier molecular flexibility index (Phi) is 7.52. The largest absolute Gasteiger partial charge is 0.465 e. The van der Waals surface area contributed by atoms with Crippen LogP contribution in [0.2, 0.25) is 0 Å². The van der Waals surface area contributed by atoms with Crippen LogP contribution < -0.4 is 4.74 Å². The molecule has 2 aromatic heterocycles. The summed E-state index contributed by atoms with van der Waals surface area (Å²) in [7, 11) is 0. The molecule has 45 heavy (non-hydrogen) atoms. The van der Waals surface area contributed by atoms with Gasteiger partial charge in [0.15, 0.2) is 12.2 Å². The second kappa shape index (κ2) is 11.9. The number of hydrogen-bond donors (Lipinski definition) is 1. The molecule has 3 aromatic carbocycles. The van der Waals surface area contributed by atoms with Gasteiger partial charge in [0.1, 0.15) is 12.2 Å². The van der Waals surface area contributed by atoms with E-state index in [0.29, 0.717) is 36.0 Å². The lowest BCUT2D eigenvalue weighted by Gasteiger charge is -2.17. The summed E-state index contributed by atoms with van der Waals surface area (Å²) in [6.45, 7) is 2.60. The van der Waals surface area contributed by atoms with Crippen LogP contribution in [0, 0.1) is 10.1 Å². The Balaban J connectivity index is 1.16. The number of aromatic nitrogens is 6. The number of aromatic amines is 1. The molecule has 4 heterocycles. The van der Waals surface area contributed by atoms with Gasteiger partial charge in [-0.3, -0.25) is 4.57 Å². The van der Waals surface area contributed by atoms with Crippen LogP contribution in [-0.2, 0) is 25.6 Å². The summed E-state index contributed by atoms with van der Waals surface area (Å²) < 4.78 is 24.9. The number of rotatable bonds is 10. The zero-order valence-electron chi connectivity index (χ0n) is 23.9. The Bertz CT molecular complexity index is 1840. The third-order valence-electron chi connectivity index (χ3n) is 7.79. The minimum absolute atomic E-state index is 0.0281. The van der Waals surface area contributed by atoms with Crippen molar-refractivity contribution in [1.29, 1.82) is 0 Å². The zero-order chi connectivity index (χ0) is 30.9. The quantitative estimate of drug-likeness (QED) is 0.138. The summed E-state index contributed by atoms with van der Waals surface area (Å²) in [6.07, 6.45) is -3.03. The number of benzene rings is 3. The minimum Gasteiger partial charge on any atom is -0.465 e. The van der Waals surface area contributed by atoms with Crippen molar-refractivity contribution in [2.75, 3.05) is 19.8 Å². The van der Waals surface area contributed by atoms with Crippen molar-refractivity contribution in [2.24, 2.45) is 0 Å². The van der Waals surface area contributed by atoms with Crippen molar-refractivity contribution in [3.8, 4) is 28.5 Å². The Morgan fingerprint density at radius 2 is 1.78 bits per heavy atom. The molecule has 15 heteroatoms. The Morgan fingerprint density at radius 3 is 2.51 bits per heavy atom. The average Bonchev–Trinajstić information content (AvgIpc) is 3.85. The summed E-state index contributed by atoms with van der Waals surface area (Å²) in [5.74, 6) is -0.0982. The van der Waals surface area contributed by atoms with Crippen LogP contribution in [0.5, 0.6) is 6.01 Å². The maximum Gasteiger partial charge on any atom is 0.340 e. The van der Waals surface area contributed by atoms with Gasteiger partial charge in [0.2, 0.25) is 5.82 Å². The van der Waals surface area contributed by atoms with Gasteiger partial charge in [0, 0.05) is 5.56 Å². The van der Waals surface area contributed by atoms with Crippen molar-refractivity contribution in [1.82, 2.24) is 30.2 Å². The van der Waals surface area contributed by atoms with E-state index in [2.05, 4.69) is 30.4 Å². The fraction of sp³-hybridized carbons (Fsp3) is 0.300. The molecular formula is C30H27N7O8. The normalized spacial score (nSPS) is 20.6. The number of esters is 1. The highest BCUT2D eigenvalue weighted by molar-refractivity contribution is 6.02. The van der Waals surface area contributed by atoms with E-state index < -0.39 is 35.5 Å². The lowest BCUT2D eigenvalue weighted by Crippen LogP contribution is -2.35. The van der Waals surface area contributed by atoms with E-state index in [1.807, 2.05) is 60.0 Å². The molecule has 0 bridgehead atoms. The third-order valence-corrected chi connectivity index (χ3v) is 7.79. The molecule has 0 aliphatic carbocycles. The number of para-hydroxylation sites is 1. The van der Waals surface area contributed by atoms with Crippen molar-refractivity contribution in [3.63, 3.8) is 0 Å². The molecule has 2 aliphatic rings. The van der Waals surface area contributed by atoms with E-state index in [1.54, 1.807) is 18.2 Å². The van der Waals surface area contributed by atoms with E-state index in [0.717, 1.165) is 22.3 Å². The number of nitrogens with zero attached hydrogens (tertiary/aromatic N) is 6. The first-order chi connectivity index (χ1) is 22.0. The van der Waals surface area contributed by atoms with Crippen molar-refractivity contribution < 1.29 is 33.7 Å². The summed E-state index contributed by atoms with van der Waals surface area (Å²) >= 11 is 0. The standard InChI is InChI=1S/C30H27N7O8/c1-2-41-30-31-22-9-5-8-21(29(38)44-23-15-42-27-24(45-37(39)40)16-43-26(23)27)25(22)36(30)14-17-10-12-18(13-11-17)19-6-3-4-7-20(19)28-32-34-35-33-28/h3-13,23-24,26-27H,2,14-16H2,1H3,(H,32,33,34,35). The number of fused-ring (bicyclic) bond motifs is 2. The molecule has 4 unspecified atom stereocenters. The Hall–Kier alpha value is -5.41. The molecule has 0 spiro atoms. The number of carbonyl (C=O) groups excluding carboxylic acids is 1. The van der Waals surface area contributed by atoms with Crippen LogP contribution >= 0.6 is 0 Å². The number of tetrazole rings is 1. The predicted octanol–water partition coefficient (Wildman–Crippen LogP) is 3.23. The number of nitrogens with one attached hydrogen (secondary N) is 1. The molecule has 0 radical (unpaired) electrons. The van der Waals surface area contributed by atoms with Crippen molar-refractivity contribution in [3.05, 3.63) is 88.0 Å². The monoisotopic (exact) mass is 613 g/mol. The fourth-order valence-electron chi connectivity index (χ4n) is 5.83. The molecule has 2 aliphatic heterocycles. The predicted molar refractivity (Wildman–Crippen MR) is 156 cm³/mol. The number of carbonyl (C=O) groups is 1. The van der Waals surface area contributed by atoms with Crippen LogP contribution in [0.15, 0.2) is 66.7 Å². The lowest BCUT2D eigenvalue weighted by atomic mass is 9.98. The Labute approximate surface area is 255 Å². The topological polar surface area (TPSA) is 179 Å². The van der Waals surface area contributed by atoms with Gasteiger partial charge in [0.25, 0.3) is 11.1 Å². The first-order valence-electron chi connectivity index (χ1n) is 14.3. The van der Waals surface area contributed by atoms with Crippen LogP contribution in [0.25, 0.3) is 33.5 Å². The van der Waals surface area contributed by atoms with Crippen LogP contribution in [0.3, 0.4) is 0 Å². The van der Waals surface area contributed by atoms with Gasteiger partial charge in [-0.2, -0.15) is 10.2 Å². The molecular weight excluding hydrogens is 586 g/mol. The first kappa shape index (κ1) is 28.4. The number of H-pyrrole nitrogens is 1. The van der Waals surface area contributed by atoms with Crippen LogP contribution in [0.4, 0.5) is 0 Å². The van der Waals surface area contributed by atoms with Gasteiger partial charge >= 0.3 is 5.97 Å². The van der Waals surface area contributed by atoms with E-state index in [-0.39, 0.29) is 18.8 Å². The van der Waals surface area contributed by atoms with Gasteiger partial charge in [-0.15, -0.1) is 20.3 Å². The summed E-state index contributed by atoms with van der Waals surface area (Å²) in [4.78, 5) is 33.7. The number of hydrogen-bond acceptors (Lipinski definition) is 12. The summed E-state index contributed by atoms with van der Waals surface area (Å²) in [5.41, 5.74) is 5.13. The van der Waals surface area contributed by atoms with Gasteiger partial charge in [-0.25, -0.2) is 4.79 Å². The molecule has 2 fully saturated rings. The van der Waals surface area contributed by atoms with Gasteiger partial charge < -0.3 is 23.8 Å². The van der Waals surface area contributed by atoms with E-state index in [9.17, 15) is 14.9 Å². The van der Waals surface area contributed by atoms with Crippen molar-refractivity contribution in [2.45, 2.75) is 37.9 Å². The highest BCUT2D eigenvalue weighted by atomic mass is 17.0. The van der Waals surface area contributed by atoms with Gasteiger partial charge in [0.05, 0.1) is 43.0 Å². The molecule has 1 N–H and O–H groups in total. The smallest absolute Gasteiger partial charge is 0.340 e. The molecule has 230 valence electrons. The maximum absolute atomic E-state index is 13.6. The highest BCUT2D eigenvalue weighted by Gasteiger charge is 2.51. The zero-order valence-corrected chi connectivity index (χ0v) is 23.9. The minimum atomic E-state index is -0.883. The molecule has 15 nitrogen and oxygen atoms in total. The molecule has 4 atom stereocenters. The van der Waals surface area contributed by atoms with E-state index in [4.69, 9.17) is 18.9 Å². The summed E-state index contributed by atoms with van der Waals surface area (Å²) in [5, 5.41) is 24.4. The van der Waals surface area contributed by atoms with Gasteiger partial charge in [-0.1, -0.05) is 54.6 Å². The highest BCUT2D eigenvalue weighted by Crippen LogP contribution is 2.33. The number of imidazole rings is 1.